The minimum absolute atomic E-state index is 0.0865. The van der Waals surface area contributed by atoms with Gasteiger partial charge in [-0.2, -0.15) is 0 Å². The Morgan fingerprint density at radius 2 is 2.07 bits per heavy atom. The Morgan fingerprint density at radius 3 is 2.81 bits per heavy atom. The number of thioether (sulfide) groups is 1. The van der Waals surface area contributed by atoms with Crippen LogP contribution in [-0.2, 0) is 19.1 Å². The van der Waals surface area contributed by atoms with Crippen LogP contribution in [0.4, 0.5) is 5.69 Å². The van der Waals surface area contributed by atoms with Crippen molar-refractivity contribution in [3.63, 3.8) is 0 Å². The van der Waals surface area contributed by atoms with Crippen molar-refractivity contribution in [2.45, 2.75) is 11.4 Å². The van der Waals surface area contributed by atoms with E-state index in [0.29, 0.717) is 24.6 Å². The summed E-state index contributed by atoms with van der Waals surface area (Å²) in [4.78, 5) is 40.2. The van der Waals surface area contributed by atoms with Crippen LogP contribution in [0, 0.1) is 0 Å². The first-order valence-electron chi connectivity index (χ1n) is 8.73. The first-order chi connectivity index (χ1) is 13.0. The molecule has 0 saturated carbocycles. The van der Waals surface area contributed by atoms with E-state index in [1.807, 2.05) is 23.1 Å². The van der Waals surface area contributed by atoms with Crippen LogP contribution in [0.25, 0.3) is 0 Å². The van der Waals surface area contributed by atoms with Gasteiger partial charge in [0.15, 0.2) is 6.10 Å². The molecule has 0 radical (unpaired) electrons. The SMILES string of the molecule is CNC(=O)[C@H]1CN(CC(=O)N2CCS[C@H](C(=O)OC)C2)c2ccccc2O1. The van der Waals surface area contributed by atoms with Crippen LogP contribution in [0.15, 0.2) is 24.3 Å². The summed E-state index contributed by atoms with van der Waals surface area (Å²) >= 11 is 1.50. The van der Waals surface area contributed by atoms with E-state index in [-0.39, 0.29) is 36.1 Å². The Hall–Kier alpha value is -2.42. The van der Waals surface area contributed by atoms with Gasteiger partial charge in [0, 0.05) is 25.9 Å². The Bertz CT molecular complexity index is 729. The number of rotatable bonds is 4. The van der Waals surface area contributed by atoms with Crippen LogP contribution < -0.4 is 15.0 Å². The molecule has 0 spiro atoms. The Labute approximate surface area is 162 Å². The average Bonchev–Trinajstić information content (AvgIpc) is 2.72. The number of esters is 1. The van der Waals surface area contributed by atoms with Gasteiger partial charge in [0.2, 0.25) is 5.91 Å². The standard InChI is InChI=1S/C18H23N3O5S/c1-19-17(23)14-9-21(12-5-3-4-6-13(12)26-14)11-16(22)20-7-8-27-15(10-20)18(24)25-2/h3-6,14-15H,7-11H2,1-2H3,(H,19,23)/t14-,15+/m1/s1. The smallest absolute Gasteiger partial charge is 0.320 e. The zero-order valence-electron chi connectivity index (χ0n) is 15.3. The highest BCUT2D eigenvalue weighted by molar-refractivity contribution is 8.00. The van der Waals surface area contributed by atoms with Crippen LogP contribution in [0.3, 0.4) is 0 Å². The second-order valence-electron chi connectivity index (χ2n) is 6.29. The topological polar surface area (TPSA) is 88.2 Å². The minimum atomic E-state index is -0.683. The predicted molar refractivity (Wildman–Crippen MR) is 102 cm³/mol. The molecule has 1 fully saturated rings. The molecule has 0 aliphatic carbocycles. The van der Waals surface area contributed by atoms with Gasteiger partial charge in [0.25, 0.3) is 5.91 Å². The summed E-state index contributed by atoms with van der Waals surface area (Å²) in [5.74, 6) is 0.630. The van der Waals surface area contributed by atoms with Gasteiger partial charge in [-0.15, -0.1) is 11.8 Å². The lowest BCUT2D eigenvalue weighted by Crippen LogP contribution is -2.53. The molecular weight excluding hydrogens is 370 g/mol. The summed E-state index contributed by atoms with van der Waals surface area (Å²) in [5, 5.41) is 2.23. The molecule has 2 atom stereocenters. The maximum Gasteiger partial charge on any atom is 0.320 e. The quantitative estimate of drug-likeness (QED) is 0.727. The summed E-state index contributed by atoms with van der Waals surface area (Å²) in [7, 11) is 2.91. The predicted octanol–water partition coefficient (Wildman–Crippen LogP) is 0.117. The molecule has 1 N–H and O–H groups in total. The lowest BCUT2D eigenvalue weighted by atomic mass is 10.1. The number of carbonyl (C=O) groups is 3. The summed E-state index contributed by atoms with van der Waals surface area (Å²) in [6.45, 7) is 1.32. The molecular formula is C18H23N3O5S. The van der Waals surface area contributed by atoms with Gasteiger partial charge >= 0.3 is 5.97 Å². The maximum absolute atomic E-state index is 12.9. The average molecular weight is 393 g/mol. The molecule has 8 nitrogen and oxygen atoms in total. The third kappa shape index (κ3) is 4.29. The number of fused-ring (bicyclic) bond motifs is 1. The zero-order valence-corrected chi connectivity index (χ0v) is 16.2. The van der Waals surface area contributed by atoms with Crippen molar-refractivity contribution in [1.82, 2.24) is 10.2 Å². The lowest BCUT2D eigenvalue weighted by Gasteiger charge is -2.37. The number of carbonyl (C=O) groups excluding carboxylic acids is 3. The fourth-order valence-electron chi connectivity index (χ4n) is 3.17. The second kappa shape index (κ2) is 8.51. The van der Waals surface area contributed by atoms with E-state index in [0.717, 1.165) is 5.69 Å². The third-order valence-electron chi connectivity index (χ3n) is 4.61. The molecule has 0 bridgehead atoms. The van der Waals surface area contributed by atoms with E-state index in [1.165, 1.54) is 18.9 Å². The highest BCUT2D eigenvalue weighted by Crippen LogP contribution is 2.33. The molecule has 2 heterocycles. The molecule has 9 heteroatoms. The summed E-state index contributed by atoms with van der Waals surface area (Å²) in [5.41, 5.74) is 0.780. The number of anilines is 1. The van der Waals surface area contributed by atoms with Crippen LogP contribution in [-0.4, -0.2) is 80.1 Å². The number of hydrogen-bond donors (Lipinski definition) is 1. The lowest BCUT2D eigenvalue weighted by molar-refractivity contribution is -0.141. The number of para-hydroxylation sites is 2. The molecule has 2 aliphatic rings. The monoisotopic (exact) mass is 393 g/mol. The number of nitrogens with one attached hydrogen (secondary N) is 1. The minimum Gasteiger partial charge on any atom is -0.477 e. The van der Waals surface area contributed by atoms with Crippen LogP contribution in [0.5, 0.6) is 5.75 Å². The summed E-state index contributed by atoms with van der Waals surface area (Å²) in [6, 6.07) is 7.34. The first kappa shape index (κ1) is 19.3. The molecule has 2 amide bonds. The number of ether oxygens (including phenoxy) is 2. The van der Waals surface area contributed by atoms with Crippen molar-refractivity contribution in [2.24, 2.45) is 0 Å². The first-order valence-corrected chi connectivity index (χ1v) is 9.77. The van der Waals surface area contributed by atoms with E-state index >= 15 is 0 Å². The fraction of sp³-hybridized carbons (Fsp3) is 0.500. The molecule has 1 aromatic rings. The number of nitrogens with zero attached hydrogens (tertiary/aromatic N) is 2. The fourth-order valence-corrected chi connectivity index (χ4v) is 4.30. The van der Waals surface area contributed by atoms with E-state index in [2.05, 4.69) is 5.32 Å². The van der Waals surface area contributed by atoms with E-state index < -0.39 is 6.10 Å². The normalized spacial score (nSPS) is 21.7. The van der Waals surface area contributed by atoms with Crippen molar-refractivity contribution >= 4 is 35.2 Å². The number of methoxy groups -OCH3 is 1. The zero-order chi connectivity index (χ0) is 19.4. The molecule has 27 heavy (non-hydrogen) atoms. The van der Waals surface area contributed by atoms with Crippen molar-refractivity contribution in [3.05, 3.63) is 24.3 Å². The van der Waals surface area contributed by atoms with Crippen LogP contribution >= 0.6 is 11.8 Å². The summed E-state index contributed by atoms with van der Waals surface area (Å²) < 4.78 is 10.6. The second-order valence-corrected chi connectivity index (χ2v) is 7.60. The van der Waals surface area contributed by atoms with Gasteiger partial charge in [0.1, 0.15) is 11.0 Å². The highest BCUT2D eigenvalue weighted by atomic mass is 32.2. The Balaban J connectivity index is 1.72. The number of amides is 2. The number of benzene rings is 1. The van der Waals surface area contributed by atoms with Crippen molar-refractivity contribution in [1.29, 1.82) is 0 Å². The van der Waals surface area contributed by atoms with Crippen LogP contribution in [0.2, 0.25) is 0 Å². The van der Waals surface area contributed by atoms with Gasteiger partial charge in [-0.1, -0.05) is 12.1 Å². The van der Waals surface area contributed by atoms with E-state index in [1.54, 1.807) is 18.0 Å². The summed E-state index contributed by atoms with van der Waals surface area (Å²) in [6.07, 6.45) is -0.683. The van der Waals surface area contributed by atoms with Gasteiger partial charge in [-0.3, -0.25) is 14.4 Å². The Morgan fingerprint density at radius 1 is 1.30 bits per heavy atom. The number of hydrogen-bond acceptors (Lipinski definition) is 7. The Kier molecular flexibility index (Phi) is 6.10. The van der Waals surface area contributed by atoms with Crippen LogP contribution in [0.1, 0.15) is 0 Å². The van der Waals surface area contributed by atoms with E-state index in [9.17, 15) is 14.4 Å². The molecule has 2 aliphatic heterocycles. The van der Waals surface area contributed by atoms with Gasteiger partial charge in [0.05, 0.1) is 25.9 Å². The molecule has 1 aromatic carbocycles. The van der Waals surface area contributed by atoms with E-state index in [4.69, 9.17) is 9.47 Å². The molecule has 146 valence electrons. The van der Waals surface area contributed by atoms with Gasteiger partial charge in [-0.25, -0.2) is 0 Å². The third-order valence-corrected chi connectivity index (χ3v) is 5.77. The molecule has 1 saturated heterocycles. The maximum atomic E-state index is 12.9. The van der Waals surface area contributed by atoms with Crippen molar-refractivity contribution in [3.8, 4) is 5.75 Å². The van der Waals surface area contributed by atoms with Gasteiger partial charge in [-0.05, 0) is 12.1 Å². The molecule has 0 aromatic heterocycles. The molecule has 0 unspecified atom stereocenters. The largest absolute Gasteiger partial charge is 0.477 e. The highest BCUT2D eigenvalue weighted by Gasteiger charge is 2.34. The molecule has 3 rings (SSSR count). The van der Waals surface area contributed by atoms with Crippen molar-refractivity contribution < 1.29 is 23.9 Å². The van der Waals surface area contributed by atoms with Crippen molar-refractivity contribution in [2.75, 3.05) is 51.0 Å². The van der Waals surface area contributed by atoms with Gasteiger partial charge < -0.3 is 24.6 Å². The number of likely N-dealkylation sites (N-methyl/N-ethyl adjacent to an activating group) is 1.